The quantitative estimate of drug-likeness (QED) is 0.211. The van der Waals surface area contributed by atoms with Gasteiger partial charge in [0.1, 0.15) is 0 Å². The minimum absolute atomic E-state index is 0.713. The van der Waals surface area contributed by atoms with Crippen molar-refractivity contribution >= 4 is 0 Å². The van der Waals surface area contributed by atoms with Crippen molar-refractivity contribution in [2.45, 2.75) is 0 Å². The molecule has 2 nitrogen and oxygen atoms in total. The number of nitrogens with zero attached hydrogens (tertiary/aromatic N) is 2. The average molecular weight is 537 g/mol. The molecule has 198 valence electrons. The first kappa shape index (κ1) is 25.4. The van der Waals surface area contributed by atoms with Crippen LogP contribution < -0.4 is 0 Å². The summed E-state index contributed by atoms with van der Waals surface area (Å²) in [5.74, 6) is 0.713. The molecule has 42 heavy (non-hydrogen) atoms. The first-order valence-electron chi connectivity index (χ1n) is 14.2. The van der Waals surface area contributed by atoms with Gasteiger partial charge in [-0.2, -0.15) is 0 Å². The molecule has 2 heteroatoms. The van der Waals surface area contributed by atoms with E-state index in [-0.39, 0.29) is 0 Å². The third-order valence-corrected chi connectivity index (χ3v) is 7.47. The number of benzene rings is 6. The van der Waals surface area contributed by atoms with Crippen LogP contribution in [0.2, 0.25) is 0 Å². The van der Waals surface area contributed by atoms with Gasteiger partial charge in [0.15, 0.2) is 5.82 Å². The van der Waals surface area contributed by atoms with Gasteiger partial charge in [0.25, 0.3) is 0 Å². The minimum atomic E-state index is 0.713. The molecule has 0 radical (unpaired) electrons. The summed E-state index contributed by atoms with van der Waals surface area (Å²) in [5, 5.41) is 0. The van der Waals surface area contributed by atoms with Crippen LogP contribution in [0.25, 0.3) is 67.3 Å². The Morgan fingerprint density at radius 3 is 1.17 bits per heavy atom. The topological polar surface area (TPSA) is 25.8 Å². The lowest BCUT2D eigenvalue weighted by Gasteiger charge is -2.14. The monoisotopic (exact) mass is 536 g/mol. The SMILES string of the molecule is c1ccc(-c2cccc(-c3cc(-c4ccccc4)cc(-c4cc(-c5ccccc5)nc(-c5ccccc5)n4)c3)c2)cc1. The molecule has 7 rings (SSSR count). The Morgan fingerprint density at radius 1 is 0.238 bits per heavy atom. The molecule has 0 aliphatic carbocycles. The largest absolute Gasteiger partial charge is 0.228 e. The molecule has 0 unspecified atom stereocenters. The molecule has 0 saturated carbocycles. The number of hydrogen-bond donors (Lipinski definition) is 0. The van der Waals surface area contributed by atoms with Gasteiger partial charge in [0.05, 0.1) is 11.4 Å². The van der Waals surface area contributed by atoms with E-state index in [1.54, 1.807) is 0 Å². The van der Waals surface area contributed by atoms with Gasteiger partial charge in [-0.05, 0) is 63.7 Å². The average Bonchev–Trinajstić information content (AvgIpc) is 3.09. The summed E-state index contributed by atoms with van der Waals surface area (Å²) in [6.07, 6.45) is 0. The van der Waals surface area contributed by atoms with Crippen molar-refractivity contribution < 1.29 is 0 Å². The lowest BCUT2D eigenvalue weighted by molar-refractivity contribution is 1.18. The maximum absolute atomic E-state index is 5.12. The van der Waals surface area contributed by atoms with Crippen LogP contribution in [0.15, 0.2) is 170 Å². The molecule has 7 aromatic rings. The van der Waals surface area contributed by atoms with Gasteiger partial charge >= 0.3 is 0 Å². The Morgan fingerprint density at radius 2 is 0.595 bits per heavy atom. The fourth-order valence-electron chi connectivity index (χ4n) is 5.32. The molecule has 0 amide bonds. The molecule has 1 heterocycles. The number of rotatable bonds is 6. The van der Waals surface area contributed by atoms with Crippen LogP contribution in [0.4, 0.5) is 0 Å². The standard InChI is InChI=1S/C40H28N2/c1-5-14-29(15-6-1)33-22-13-23-34(24-33)36-25-35(30-16-7-2-8-17-30)26-37(27-36)39-28-38(31-18-9-3-10-19-31)41-40(42-39)32-20-11-4-12-21-32/h1-28H. The predicted octanol–water partition coefficient (Wildman–Crippen LogP) is 10.5. The summed E-state index contributed by atoms with van der Waals surface area (Å²) < 4.78 is 0. The highest BCUT2D eigenvalue weighted by atomic mass is 14.9. The highest BCUT2D eigenvalue weighted by Crippen LogP contribution is 2.35. The van der Waals surface area contributed by atoms with E-state index >= 15 is 0 Å². The van der Waals surface area contributed by atoms with Crippen molar-refractivity contribution in [1.82, 2.24) is 9.97 Å². The molecular formula is C40H28N2. The van der Waals surface area contributed by atoms with E-state index in [4.69, 9.17) is 9.97 Å². The summed E-state index contributed by atoms with van der Waals surface area (Å²) in [4.78, 5) is 10.1. The fourth-order valence-corrected chi connectivity index (χ4v) is 5.32. The van der Waals surface area contributed by atoms with Gasteiger partial charge in [0.2, 0.25) is 0 Å². The van der Waals surface area contributed by atoms with E-state index in [0.29, 0.717) is 5.82 Å². The Balaban J connectivity index is 1.43. The Bertz CT molecular complexity index is 1890. The first-order valence-corrected chi connectivity index (χ1v) is 14.2. The van der Waals surface area contributed by atoms with Gasteiger partial charge < -0.3 is 0 Å². The number of hydrogen-bond acceptors (Lipinski definition) is 2. The van der Waals surface area contributed by atoms with Crippen LogP contribution >= 0.6 is 0 Å². The summed E-state index contributed by atoms with van der Waals surface area (Å²) in [6.45, 7) is 0. The molecule has 0 N–H and O–H groups in total. The van der Waals surface area contributed by atoms with E-state index in [9.17, 15) is 0 Å². The zero-order chi connectivity index (χ0) is 28.1. The van der Waals surface area contributed by atoms with E-state index in [1.165, 1.54) is 16.7 Å². The van der Waals surface area contributed by atoms with E-state index in [1.807, 2.05) is 36.4 Å². The molecule has 1 aromatic heterocycles. The second kappa shape index (κ2) is 11.5. The summed E-state index contributed by atoms with van der Waals surface area (Å²) in [5.41, 5.74) is 11.9. The van der Waals surface area contributed by atoms with Gasteiger partial charge in [-0.1, -0.05) is 140 Å². The molecular weight excluding hydrogens is 508 g/mol. The predicted molar refractivity (Wildman–Crippen MR) is 175 cm³/mol. The Hall–Kier alpha value is -5.60. The lowest BCUT2D eigenvalue weighted by atomic mass is 9.93. The van der Waals surface area contributed by atoms with Gasteiger partial charge in [-0.3, -0.25) is 0 Å². The summed E-state index contributed by atoms with van der Waals surface area (Å²) in [6, 6.07) is 59.3. The van der Waals surface area contributed by atoms with Crippen LogP contribution in [0.1, 0.15) is 0 Å². The van der Waals surface area contributed by atoms with Crippen molar-refractivity contribution in [3.63, 3.8) is 0 Å². The molecule has 0 aliphatic rings. The van der Waals surface area contributed by atoms with Crippen LogP contribution in [-0.4, -0.2) is 9.97 Å². The van der Waals surface area contributed by atoms with Crippen molar-refractivity contribution in [3.05, 3.63) is 170 Å². The molecule has 6 aromatic carbocycles. The minimum Gasteiger partial charge on any atom is -0.228 e. The van der Waals surface area contributed by atoms with Crippen molar-refractivity contribution in [2.75, 3.05) is 0 Å². The maximum atomic E-state index is 5.12. The Kier molecular flexibility index (Phi) is 6.94. The smallest absolute Gasteiger partial charge is 0.160 e. The van der Waals surface area contributed by atoms with Crippen LogP contribution in [-0.2, 0) is 0 Å². The highest BCUT2D eigenvalue weighted by Gasteiger charge is 2.14. The molecule has 0 bridgehead atoms. The zero-order valence-electron chi connectivity index (χ0n) is 23.1. The van der Waals surface area contributed by atoms with Gasteiger partial charge in [-0.25, -0.2) is 9.97 Å². The third-order valence-electron chi connectivity index (χ3n) is 7.47. The van der Waals surface area contributed by atoms with E-state index in [2.05, 4.69) is 133 Å². The highest BCUT2D eigenvalue weighted by molar-refractivity contribution is 5.83. The molecule has 0 aliphatic heterocycles. The maximum Gasteiger partial charge on any atom is 0.160 e. The normalized spacial score (nSPS) is 10.9. The zero-order valence-corrected chi connectivity index (χ0v) is 23.1. The van der Waals surface area contributed by atoms with Crippen LogP contribution in [0.3, 0.4) is 0 Å². The summed E-state index contributed by atoms with van der Waals surface area (Å²) >= 11 is 0. The fraction of sp³-hybridized carbons (Fsp3) is 0. The van der Waals surface area contributed by atoms with Crippen molar-refractivity contribution in [1.29, 1.82) is 0 Å². The number of aromatic nitrogens is 2. The van der Waals surface area contributed by atoms with Crippen LogP contribution in [0.5, 0.6) is 0 Å². The van der Waals surface area contributed by atoms with E-state index < -0.39 is 0 Å². The molecule has 0 spiro atoms. The van der Waals surface area contributed by atoms with Crippen molar-refractivity contribution in [3.8, 4) is 67.3 Å². The van der Waals surface area contributed by atoms with Crippen molar-refractivity contribution in [2.24, 2.45) is 0 Å². The molecule has 0 atom stereocenters. The molecule has 0 fully saturated rings. The van der Waals surface area contributed by atoms with Gasteiger partial charge in [-0.15, -0.1) is 0 Å². The second-order valence-corrected chi connectivity index (χ2v) is 10.3. The van der Waals surface area contributed by atoms with Crippen LogP contribution in [0, 0.1) is 0 Å². The second-order valence-electron chi connectivity index (χ2n) is 10.3. The molecule has 0 saturated heterocycles. The third kappa shape index (κ3) is 5.39. The Labute approximate surface area is 246 Å². The van der Waals surface area contributed by atoms with Gasteiger partial charge in [0, 0.05) is 16.7 Å². The summed E-state index contributed by atoms with van der Waals surface area (Å²) in [7, 11) is 0. The first-order chi connectivity index (χ1) is 20.8. The lowest BCUT2D eigenvalue weighted by Crippen LogP contribution is -1.96. The van der Waals surface area contributed by atoms with E-state index in [0.717, 1.165) is 44.8 Å².